The minimum Gasteiger partial charge on any atom is -0.465 e. The van der Waals surface area contributed by atoms with Crippen molar-refractivity contribution in [1.29, 1.82) is 0 Å². The van der Waals surface area contributed by atoms with Gasteiger partial charge in [0.25, 0.3) is 0 Å². The fraction of sp³-hybridized carbons (Fsp3) is 0.400. The van der Waals surface area contributed by atoms with Gasteiger partial charge in [-0.2, -0.15) is 0 Å². The molecule has 0 saturated heterocycles. The number of rotatable bonds is 4. The van der Waals surface area contributed by atoms with Gasteiger partial charge >= 0.3 is 5.97 Å². The quantitative estimate of drug-likeness (QED) is 0.611. The standard InChI is InChI=1S/C15H17ClO2/c16-14-8-6-12(7-9-14)10-15(17)18-11-13-4-2-1-3-5-13/h1-2,6-9,13H,3-5,10-11H2. The first-order chi connectivity index (χ1) is 8.74. The number of esters is 1. The first kappa shape index (κ1) is 13.2. The summed E-state index contributed by atoms with van der Waals surface area (Å²) in [5.41, 5.74) is 0.938. The van der Waals surface area contributed by atoms with Crippen molar-refractivity contribution < 1.29 is 9.53 Å². The van der Waals surface area contributed by atoms with E-state index in [9.17, 15) is 4.79 Å². The van der Waals surface area contributed by atoms with Gasteiger partial charge in [0.05, 0.1) is 13.0 Å². The second-order valence-corrected chi connectivity index (χ2v) is 5.07. The Morgan fingerprint density at radius 3 is 2.72 bits per heavy atom. The van der Waals surface area contributed by atoms with Crippen LogP contribution in [0.2, 0.25) is 5.02 Å². The molecular formula is C15H17ClO2. The molecule has 2 rings (SSSR count). The summed E-state index contributed by atoms with van der Waals surface area (Å²) in [6.45, 7) is 0.538. The van der Waals surface area contributed by atoms with Gasteiger partial charge < -0.3 is 4.74 Å². The van der Waals surface area contributed by atoms with Crippen molar-refractivity contribution >= 4 is 17.6 Å². The summed E-state index contributed by atoms with van der Waals surface area (Å²) in [5.74, 6) is 0.330. The largest absolute Gasteiger partial charge is 0.465 e. The van der Waals surface area contributed by atoms with Crippen LogP contribution in [0.25, 0.3) is 0 Å². The van der Waals surface area contributed by atoms with E-state index in [4.69, 9.17) is 16.3 Å². The third-order valence-electron chi connectivity index (χ3n) is 3.12. The molecule has 0 saturated carbocycles. The Kier molecular flexibility index (Phi) is 4.82. The lowest BCUT2D eigenvalue weighted by molar-refractivity contribution is -0.144. The molecule has 96 valence electrons. The molecule has 0 bridgehead atoms. The topological polar surface area (TPSA) is 26.3 Å². The number of halogens is 1. The van der Waals surface area contributed by atoms with Gasteiger partial charge in [-0.1, -0.05) is 35.9 Å². The van der Waals surface area contributed by atoms with Crippen molar-refractivity contribution in [3.63, 3.8) is 0 Å². The Hall–Kier alpha value is -1.28. The predicted molar refractivity (Wildman–Crippen MR) is 72.6 cm³/mol. The Balaban J connectivity index is 1.74. The van der Waals surface area contributed by atoms with Gasteiger partial charge in [-0.3, -0.25) is 4.79 Å². The van der Waals surface area contributed by atoms with E-state index in [1.165, 1.54) is 0 Å². The number of ether oxygens (including phenoxy) is 1. The first-order valence-electron chi connectivity index (χ1n) is 6.29. The van der Waals surface area contributed by atoms with Crippen LogP contribution in [0.15, 0.2) is 36.4 Å². The van der Waals surface area contributed by atoms with Crippen LogP contribution in [0.4, 0.5) is 0 Å². The second-order valence-electron chi connectivity index (χ2n) is 4.64. The van der Waals surface area contributed by atoms with Crippen molar-refractivity contribution in [3.05, 3.63) is 47.0 Å². The molecule has 1 aromatic carbocycles. The van der Waals surface area contributed by atoms with E-state index in [1.54, 1.807) is 12.1 Å². The minimum absolute atomic E-state index is 0.160. The lowest BCUT2D eigenvalue weighted by atomic mass is 9.95. The molecule has 0 aliphatic heterocycles. The lowest BCUT2D eigenvalue weighted by Crippen LogP contribution is -2.16. The highest BCUT2D eigenvalue weighted by Gasteiger charge is 2.13. The molecule has 0 amide bonds. The van der Waals surface area contributed by atoms with Crippen molar-refractivity contribution in [3.8, 4) is 0 Å². The molecule has 0 fully saturated rings. The Bertz CT molecular complexity index is 423. The second kappa shape index (κ2) is 6.60. The first-order valence-corrected chi connectivity index (χ1v) is 6.67. The lowest BCUT2D eigenvalue weighted by Gasteiger charge is -2.17. The van der Waals surface area contributed by atoms with E-state index >= 15 is 0 Å². The third kappa shape index (κ3) is 4.19. The number of allylic oxidation sites excluding steroid dienone is 2. The molecule has 0 spiro atoms. The molecule has 0 aromatic heterocycles. The van der Waals surface area contributed by atoms with Crippen LogP contribution < -0.4 is 0 Å². The zero-order chi connectivity index (χ0) is 12.8. The molecule has 2 nitrogen and oxygen atoms in total. The number of hydrogen-bond acceptors (Lipinski definition) is 2. The molecular weight excluding hydrogens is 248 g/mol. The van der Waals surface area contributed by atoms with Gasteiger partial charge in [-0.05, 0) is 42.9 Å². The average Bonchev–Trinajstić information content (AvgIpc) is 2.40. The van der Waals surface area contributed by atoms with Crippen LogP contribution in [0, 0.1) is 5.92 Å². The Morgan fingerprint density at radius 1 is 1.28 bits per heavy atom. The molecule has 1 unspecified atom stereocenters. The summed E-state index contributed by atoms with van der Waals surface area (Å²) in [4.78, 5) is 11.7. The normalized spacial score (nSPS) is 18.6. The van der Waals surface area contributed by atoms with Gasteiger partial charge in [-0.15, -0.1) is 0 Å². The van der Waals surface area contributed by atoms with Gasteiger partial charge in [-0.25, -0.2) is 0 Å². The van der Waals surface area contributed by atoms with Crippen LogP contribution in [-0.2, 0) is 16.0 Å². The van der Waals surface area contributed by atoms with E-state index in [0.29, 0.717) is 24.0 Å². The molecule has 0 heterocycles. The van der Waals surface area contributed by atoms with Crippen molar-refractivity contribution in [2.45, 2.75) is 25.7 Å². The zero-order valence-corrected chi connectivity index (χ0v) is 11.0. The van der Waals surface area contributed by atoms with Crippen LogP contribution in [0.1, 0.15) is 24.8 Å². The maximum absolute atomic E-state index is 11.7. The van der Waals surface area contributed by atoms with Gasteiger partial charge in [0.15, 0.2) is 0 Å². The third-order valence-corrected chi connectivity index (χ3v) is 3.37. The summed E-state index contributed by atoms with van der Waals surface area (Å²) < 4.78 is 5.31. The maximum atomic E-state index is 11.7. The van der Waals surface area contributed by atoms with E-state index in [0.717, 1.165) is 24.8 Å². The fourth-order valence-electron chi connectivity index (χ4n) is 2.04. The monoisotopic (exact) mass is 264 g/mol. The van der Waals surface area contributed by atoms with Crippen LogP contribution in [0.5, 0.6) is 0 Å². The highest BCUT2D eigenvalue weighted by molar-refractivity contribution is 6.30. The summed E-state index contributed by atoms with van der Waals surface area (Å²) in [6.07, 6.45) is 7.91. The smallest absolute Gasteiger partial charge is 0.310 e. The van der Waals surface area contributed by atoms with Crippen molar-refractivity contribution in [2.75, 3.05) is 6.61 Å². The van der Waals surface area contributed by atoms with Crippen molar-refractivity contribution in [1.82, 2.24) is 0 Å². The molecule has 0 radical (unpaired) electrons. The molecule has 1 atom stereocenters. The number of benzene rings is 1. The van der Waals surface area contributed by atoms with E-state index in [2.05, 4.69) is 12.2 Å². The number of carbonyl (C=O) groups is 1. The average molecular weight is 265 g/mol. The van der Waals surface area contributed by atoms with Gasteiger partial charge in [0.2, 0.25) is 0 Å². The van der Waals surface area contributed by atoms with Crippen molar-refractivity contribution in [2.24, 2.45) is 5.92 Å². The summed E-state index contributed by atoms with van der Waals surface area (Å²) in [5, 5.41) is 0.682. The SMILES string of the molecule is O=C(Cc1ccc(Cl)cc1)OCC1CC=CCC1. The van der Waals surface area contributed by atoms with Gasteiger partial charge in [0.1, 0.15) is 0 Å². The highest BCUT2D eigenvalue weighted by Crippen LogP contribution is 2.18. The van der Waals surface area contributed by atoms with E-state index in [1.807, 2.05) is 12.1 Å². The maximum Gasteiger partial charge on any atom is 0.310 e. The molecule has 1 aliphatic rings. The predicted octanol–water partition coefficient (Wildman–Crippen LogP) is 3.78. The van der Waals surface area contributed by atoms with Gasteiger partial charge in [0, 0.05) is 5.02 Å². The van der Waals surface area contributed by atoms with E-state index < -0.39 is 0 Å². The van der Waals surface area contributed by atoms with Crippen LogP contribution >= 0.6 is 11.6 Å². The number of carbonyl (C=O) groups excluding carboxylic acids is 1. The summed E-state index contributed by atoms with van der Waals surface area (Å²) in [6, 6.07) is 7.28. The molecule has 1 aliphatic carbocycles. The van der Waals surface area contributed by atoms with Crippen LogP contribution in [0.3, 0.4) is 0 Å². The Labute approximate surface area is 113 Å². The minimum atomic E-state index is -0.160. The Morgan fingerprint density at radius 2 is 2.06 bits per heavy atom. The summed E-state index contributed by atoms with van der Waals surface area (Å²) in [7, 11) is 0. The molecule has 1 aromatic rings. The van der Waals surface area contributed by atoms with E-state index in [-0.39, 0.29) is 5.97 Å². The van der Waals surface area contributed by atoms with Crippen LogP contribution in [-0.4, -0.2) is 12.6 Å². The zero-order valence-electron chi connectivity index (χ0n) is 10.3. The fourth-order valence-corrected chi connectivity index (χ4v) is 2.16. The molecule has 0 N–H and O–H groups in total. The number of hydrogen-bond donors (Lipinski definition) is 0. The molecule has 3 heteroatoms. The molecule has 18 heavy (non-hydrogen) atoms. The highest BCUT2D eigenvalue weighted by atomic mass is 35.5. The summed E-state index contributed by atoms with van der Waals surface area (Å²) >= 11 is 5.79.